The fourth-order valence-electron chi connectivity index (χ4n) is 2.86. The van der Waals surface area contributed by atoms with Gasteiger partial charge in [0.2, 0.25) is 5.76 Å². The molecular formula is C15H17N3O5. The van der Waals surface area contributed by atoms with Gasteiger partial charge in [-0.2, -0.15) is 10.5 Å². The maximum absolute atomic E-state index is 11.3. The van der Waals surface area contributed by atoms with E-state index in [9.17, 15) is 15.3 Å². The van der Waals surface area contributed by atoms with Crippen molar-refractivity contribution in [1.82, 2.24) is 5.06 Å². The molecule has 23 heavy (non-hydrogen) atoms. The Labute approximate surface area is 133 Å². The van der Waals surface area contributed by atoms with Gasteiger partial charge in [-0.3, -0.25) is 0 Å². The van der Waals surface area contributed by atoms with Gasteiger partial charge in [0.05, 0.1) is 7.11 Å². The van der Waals surface area contributed by atoms with Crippen LogP contribution in [0.3, 0.4) is 0 Å². The van der Waals surface area contributed by atoms with Gasteiger partial charge in [0.25, 0.3) is 0 Å². The summed E-state index contributed by atoms with van der Waals surface area (Å²) in [6.07, 6.45) is 6.09. The molecule has 1 aliphatic carbocycles. The number of hydroxylamine groups is 2. The summed E-state index contributed by atoms with van der Waals surface area (Å²) in [4.78, 5) is 21.5. The lowest BCUT2D eigenvalue weighted by atomic mass is 9.90. The fraction of sp³-hybridized carbons (Fsp3) is 0.533. The van der Waals surface area contributed by atoms with Crippen LogP contribution >= 0.6 is 0 Å². The number of nitriles is 2. The molecule has 1 heterocycles. The van der Waals surface area contributed by atoms with E-state index in [1.54, 1.807) is 0 Å². The lowest BCUT2D eigenvalue weighted by Crippen LogP contribution is -2.53. The first kappa shape index (κ1) is 17.0. The molecule has 1 saturated carbocycles. The highest BCUT2D eigenvalue weighted by molar-refractivity contribution is 5.82. The molecule has 2 rings (SSSR count). The van der Waals surface area contributed by atoms with Crippen LogP contribution in [0.4, 0.5) is 0 Å². The largest absolute Gasteiger partial charge is 0.466 e. The Morgan fingerprint density at radius 1 is 1.39 bits per heavy atom. The number of allylic oxidation sites excluding steroid dienone is 1. The third-order valence-electron chi connectivity index (χ3n) is 4.03. The van der Waals surface area contributed by atoms with E-state index >= 15 is 0 Å². The lowest BCUT2D eigenvalue weighted by Gasteiger charge is -2.41. The molecule has 8 nitrogen and oxygen atoms in total. The van der Waals surface area contributed by atoms with Gasteiger partial charge in [0.1, 0.15) is 23.8 Å². The summed E-state index contributed by atoms with van der Waals surface area (Å²) in [6.45, 7) is 0. The lowest BCUT2D eigenvalue weighted by molar-refractivity contribution is -0.419. The molecule has 1 fully saturated rings. The average molecular weight is 319 g/mol. The third-order valence-corrected chi connectivity index (χ3v) is 4.03. The van der Waals surface area contributed by atoms with Crippen LogP contribution in [0.5, 0.6) is 0 Å². The highest BCUT2D eigenvalue weighted by Crippen LogP contribution is 2.41. The predicted octanol–water partition coefficient (Wildman–Crippen LogP) is 1.78. The van der Waals surface area contributed by atoms with Crippen LogP contribution in [0, 0.1) is 22.7 Å². The predicted molar refractivity (Wildman–Crippen MR) is 75.6 cm³/mol. The second-order valence-corrected chi connectivity index (χ2v) is 5.31. The van der Waals surface area contributed by atoms with E-state index in [4.69, 9.17) is 15.0 Å². The molecule has 0 spiro atoms. The molecule has 0 aromatic carbocycles. The molecule has 0 amide bonds. The van der Waals surface area contributed by atoms with Crippen LogP contribution in [-0.4, -0.2) is 35.2 Å². The monoisotopic (exact) mass is 319 g/mol. The fourth-order valence-corrected chi connectivity index (χ4v) is 2.86. The van der Waals surface area contributed by atoms with Crippen molar-refractivity contribution in [2.45, 2.75) is 43.9 Å². The van der Waals surface area contributed by atoms with E-state index in [-0.39, 0.29) is 11.3 Å². The second-order valence-electron chi connectivity index (χ2n) is 5.31. The van der Waals surface area contributed by atoms with Gasteiger partial charge < -0.3 is 9.57 Å². The number of methoxy groups -OCH3 is 1. The molecule has 0 bridgehead atoms. The summed E-state index contributed by atoms with van der Waals surface area (Å²) in [7, 11) is 1.23. The molecular weight excluding hydrogens is 302 g/mol. The Bertz CT molecular complexity index is 608. The molecule has 1 aliphatic heterocycles. The van der Waals surface area contributed by atoms with Gasteiger partial charge in [0, 0.05) is 6.08 Å². The number of hydrogen-bond acceptors (Lipinski definition) is 8. The first-order valence-electron chi connectivity index (χ1n) is 7.22. The molecule has 1 N–H and O–H groups in total. The van der Waals surface area contributed by atoms with E-state index in [0.717, 1.165) is 25.3 Å². The Balaban J connectivity index is 2.38. The Kier molecular flexibility index (Phi) is 5.35. The van der Waals surface area contributed by atoms with Crippen molar-refractivity contribution in [3.8, 4) is 12.1 Å². The smallest absolute Gasteiger partial charge is 0.330 e. The topological polar surface area (TPSA) is 116 Å². The van der Waals surface area contributed by atoms with Gasteiger partial charge in [-0.1, -0.05) is 17.6 Å². The number of hydrogen-bond donors (Lipinski definition) is 1. The van der Waals surface area contributed by atoms with E-state index in [0.29, 0.717) is 12.8 Å². The number of carbonyl (C=O) groups is 1. The van der Waals surface area contributed by atoms with E-state index in [1.165, 1.54) is 18.2 Å². The number of esters is 1. The summed E-state index contributed by atoms with van der Waals surface area (Å²) in [5, 5.41) is 29.2. The third kappa shape index (κ3) is 3.20. The van der Waals surface area contributed by atoms with Crippen molar-refractivity contribution in [2.75, 3.05) is 7.11 Å². The minimum atomic E-state index is -1.16. The maximum atomic E-state index is 11.3. The highest BCUT2D eigenvalue weighted by Gasteiger charge is 2.50. The molecule has 1 atom stereocenters. The van der Waals surface area contributed by atoms with Gasteiger partial charge in [-0.05, 0) is 25.7 Å². The first-order valence-corrected chi connectivity index (χ1v) is 7.22. The van der Waals surface area contributed by atoms with Crippen molar-refractivity contribution in [3.05, 3.63) is 23.5 Å². The molecule has 0 saturated heterocycles. The SMILES string of the molecule is COC(=O)/C=C\C1C(C#N)=C(C#N)ON1C1(OO)CCCCC1. The Morgan fingerprint density at radius 2 is 2.09 bits per heavy atom. The zero-order valence-electron chi connectivity index (χ0n) is 12.7. The van der Waals surface area contributed by atoms with Crippen molar-refractivity contribution in [1.29, 1.82) is 10.5 Å². The number of ether oxygens (including phenoxy) is 1. The molecule has 122 valence electrons. The maximum Gasteiger partial charge on any atom is 0.330 e. The summed E-state index contributed by atoms with van der Waals surface area (Å²) in [6, 6.07) is 2.91. The summed E-state index contributed by atoms with van der Waals surface area (Å²) in [5.41, 5.74) is -1.11. The zero-order chi connectivity index (χ0) is 16.9. The van der Waals surface area contributed by atoms with Crippen LogP contribution < -0.4 is 0 Å². The summed E-state index contributed by atoms with van der Waals surface area (Å²) >= 11 is 0. The van der Waals surface area contributed by atoms with Crippen LogP contribution in [0.2, 0.25) is 0 Å². The number of rotatable bonds is 4. The van der Waals surface area contributed by atoms with Crippen molar-refractivity contribution >= 4 is 5.97 Å². The summed E-state index contributed by atoms with van der Waals surface area (Å²) in [5.74, 6) is -0.774. The van der Waals surface area contributed by atoms with Crippen molar-refractivity contribution < 1.29 is 24.5 Å². The van der Waals surface area contributed by atoms with Crippen LogP contribution in [0.1, 0.15) is 32.1 Å². The number of carbonyl (C=O) groups excluding carboxylic acids is 1. The van der Waals surface area contributed by atoms with Crippen molar-refractivity contribution in [3.63, 3.8) is 0 Å². The van der Waals surface area contributed by atoms with Gasteiger partial charge >= 0.3 is 5.97 Å². The van der Waals surface area contributed by atoms with E-state index in [2.05, 4.69) is 4.74 Å². The minimum absolute atomic E-state index is 0.0506. The minimum Gasteiger partial charge on any atom is -0.466 e. The molecule has 2 aliphatic rings. The van der Waals surface area contributed by atoms with E-state index < -0.39 is 17.7 Å². The molecule has 1 unspecified atom stereocenters. The second kappa shape index (κ2) is 7.25. The normalized spacial score (nSPS) is 24.1. The van der Waals surface area contributed by atoms with Crippen LogP contribution in [-0.2, 0) is 19.3 Å². The van der Waals surface area contributed by atoms with Gasteiger partial charge in [-0.15, -0.1) is 0 Å². The first-order chi connectivity index (χ1) is 11.1. The van der Waals surface area contributed by atoms with Gasteiger partial charge in [0.15, 0.2) is 5.72 Å². The molecule has 0 aromatic heterocycles. The average Bonchev–Trinajstić information content (AvgIpc) is 2.98. The van der Waals surface area contributed by atoms with Crippen LogP contribution in [0.15, 0.2) is 23.5 Å². The molecule has 8 heteroatoms. The van der Waals surface area contributed by atoms with Crippen LogP contribution in [0.25, 0.3) is 0 Å². The highest BCUT2D eigenvalue weighted by atomic mass is 17.1. The Morgan fingerprint density at radius 3 is 2.61 bits per heavy atom. The van der Waals surface area contributed by atoms with Gasteiger partial charge in [-0.25, -0.2) is 14.9 Å². The Hall–Kier alpha value is -2.39. The van der Waals surface area contributed by atoms with E-state index in [1.807, 2.05) is 12.1 Å². The standard InChI is InChI=1S/C15H17N3O5/c1-21-14(19)6-5-12-11(9-16)13(10-17)22-18(12)15(23-20)7-3-2-4-8-15/h5-6,12,20H,2-4,7-8H2,1H3/b6-5-. The molecule has 0 radical (unpaired) electrons. The zero-order valence-corrected chi connectivity index (χ0v) is 12.7. The summed E-state index contributed by atoms with van der Waals surface area (Å²) < 4.78 is 4.53. The van der Waals surface area contributed by atoms with Crippen molar-refractivity contribution in [2.24, 2.45) is 0 Å². The quantitative estimate of drug-likeness (QED) is 0.361. The molecule has 0 aromatic rings. The number of nitrogens with zero attached hydrogens (tertiary/aromatic N) is 3.